The van der Waals surface area contributed by atoms with Crippen LogP contribution >= 0.6 is 0 Å². The summed E-state index contributed by atoms with van der Waals surface area (Å²) in [5.74, 6) is 1.59. The third-order valence-corrected chi connectivity index (χ3v) is 6.68. The van der Waals surface area contributed by atoms with Crippen molar-refractivity contribution in [2.24, 2.45) is 11.8 Å². The summed E-state index contributed by atoms with van der Waals surface area (Å²) in [5, 5.41) is 0. The molecular weight excluding hydrogens is 393 g/mol. The molecule has 162 valence electrons. The summed E-state index contributed by atoms with van der Waals surface area (Å²) in [6, 6.07) is 4.13. The van der Waals surface area contributed by atoms with Gasteiger partial charge in [0.2, 0.25) is 11.9 Å². The van der Waals surface area contributed by atoms with E-state index in [9.17, 15) is 13.2 Å². The molecule has 4 rings (SSSR count). The number of hydrogen-bond acceptors (Lipinski definition) is 6. The predicted molar refractivity (Wildman–Crippen MR) is 109 cm³/mol. The number of pyridine rings is 1. The number of nitrogen functional groups attached to an aromatic ring is 1. The van der Waals surface area contributed by atoms with Crippen molar-refractivity contribution in [1.29, 1.82) is 0 Å². The van der Waals surface area contributed by atoms with Crippen LogP contribution in [0.25, 0.3) is 11.5 Å². The highest BCUT2D eigenvalue weighted by molar-refractivity contribution is 5.54. The molecule has 9 heteroatoms. The Morgan fingerprint density at radius 2 is 1.53 bits per heavy atom. The van der Waals surface area contributed by atoms with Crippen molar-refractivity contribution in [3.8, 4) is 11.5 Å². The molecule has 0 saturated heterocycles. The highest BCUT2D eigenvalue weighted by Gasteiger charge is 2.37. The summed E-state index contributed by atoms with van der Waals surface area (Å²) < 4.78 is 39.3. The van der Waals surface area contributed by atoms with Gasteiger partial charge in [0, 0.05) is 12.1 Å². The molecule has 2 atom stereocenters. The lowest BCUT2D eigenvalue weighted by Gasteiger charge is -2.46. The third kappa shape index (κ3) is 4.06. The maximum atomic E-state index is 13.1. The number of nitrogens with two attached hydrogens (primary N) is 1. The monoisotopic (exact) mass is 420 g/mol. The molecule has 2 aromatic rings. The van der Waals surface area contributed by atoms with Crippen molar-refractivity contribution in [1.82, 2.24) is 19.9 Å². The molecule has 0 amide bonds. The quantitative estimate of drug-likeness (QED) is 0.728. The van der Waals surface area contributed by atoms with Crippen molar-refractivity contribution in [3.05, 3.63) is 23.9 Å². The minimum absolute atomic E-state index is 0.0131. The van der Waals surface area contributed by atoms with Crippen molar-refractivity contribution in [2.45, 2.75) is 70.6 Å². The largest absolute Gasteiger partial charge is 0.433 e. The fourth-order valence-corrected chi connectivity index (χ4v) is 4.36. The number of nitrogens with zero attached hydrogens (tertiary/aromatic N) is 5. The van der Waals surface area contributed by atoms with Crippen molar-refractivity contribution in [2.75, 3.05) is 10.6 Å². The summed E-state index contributed by atoms with van der Waals surface area (Å²) in [7, 11) is 0. The number of hydrogen-bond donors (Lipinski definition) is 1. The maximum Gasteiger partial charge on any atom is 0.433 e. The Hall–Kier alpha value is -2.45. The van der Waals surface area contributed by atoms with Gasteiger partial charge in [0.15, 0.2) is 5.82 Å². The number of halogens is 3. The van der Waals surface area contributed by atoms with E-state index in [-0.39, 0.29) is 29.6 Å². The summed E-state index contributed by atoms with van der Waals surface area (Å²) in [6.45, 7) is 4.36. The molecule has 0 aromatic carbocycles. The van der Waals surface area contributed by atoms with Crippen LogP contribution in [0.1, 0.15) is 58.1 Å². The summed E-state index contributed by atoms with van der Waals surface area (Å²) in [6.07, 6.45) is 2.56. The fourth-order valence-electron chi connectivity index (χ4n) is 4.36. The van der Waals surface area contributed by atoms with E-state index in [0.29, 0.717) is 17.8 Å². The Morgan fingerprint density at radius 1 is 0.933 bits per heavy atom. The minimum Gasteiger partial charge on any atom is -0.368 e. The predicted octanol–water partition coefficient (Wildman–Crippen LogP) is 4.72. The van der Waals surface area contributed by atoms with Gasteiger partial charge in [-0.2, -0.15) is 28.1 Å². The van der Waals surface area contributed by atoms with Gasteiger partial charge < -0.3 is 10.6 Å². The van der Waals surface area contributed by atoms with E-state index in [1.165, 1.54) is 25.0 Å². The van der Waals surface area contributed by atoms with E-state index in [1.807, 2.05) is 0 Å². The Bertz CT molecular complexity index is 875. The average molecular weight is 420 g/mol. The summed E-state index contributed by atoms with van der Waals surface area (Å²) >= 11 is 0. The van der Waals surface area contributed by atoms with E-state index < -0.39 is 11.9 Å². The highest BCUT2D eigenvalue weighted by atomic mass is 19.4. The molecule has 0 aliphatic heterocycles. The second kappa shape index (κ2) is 8.00. The zero-order valence-corrected chi connectivity index (χ0v) is 17.2. The first kappa shape index (κ1) is 20.8. The molecule has 2 aliphatic carbocycles. The first-order valence-electron chi connectivity index (χ1n) is 10.6. The molecule has 2 aliphatic rings. The molecule has 30 heavy (non-hydrogen) atoms. The van der Waals surface area contributed by atoms with Crippen LogP contribution in [0.15, 0.2) is 18.2 Å². The third-order valence-electron chi connectivity index (χ3n) is 6.68. The lowest BCUT2D eigenvalue weighted by molar-refractivity contribution is -0.141. The molecule has 2 aromatic heterocycles. The van der Waals surface area contributed by atoms with Gasteiger partial charge in [-0.1, -0.05) is 18.9 Å². The van der Waals surface area contributed by atoms with Gasteiger partial charge in [-0.15, -0.1) is 0 Å². The van der Waals surface area contributed by atoms with E-state index in [2.05, 4.69) is 38.7 Å². The second-order valence-electron chi connectivity index (χ2n) is 8.49. The molecule has 0 bridgehead atoms. The lowest BCUT2D eigenvalue weighted by Crippen LogP contribution is -2.51. The summed E-state index contributed by atoms with van der Waals surface area (Å²) in [5.41, 5.74) is 5.02. The van der Waals surface area contributed by atoms with Gasteiger partial charge in [0.05, 0.1) is 0 Å². The van der Waals surface area contributed by atoms with Gasteiger partial charge in [0.25, 0.3) is 0 Å². The van der Waals surface area contributed by atoms with Gasteiger partial charge in [0.1, 0.15) is 11.4 Å². The Kier molecular flexibility index (Phi) is 5.55. The lowest BCUT2D eigenvalue weighted by atomic mass is 9.76. The van der Waals surface area contributed by atoms with Gasteiger partial charge in [-0.05, 0) is 63.5 Å². The van der Waals surface area contributed by atoms with Crippen LogP contribution in [-0.4, -0.2) is 32.0 Å². The van der Waals surface area contributed by atoms with E-state index in [1.54, 1.807) is 0 Å². The van der Waals surface area contributed by atoms with Crippen LogP contribution < -0.4 is 10.6 Å². The summed E-state index contributed by atoms with van der Waals surface area (Å²) in [4.78, 5) is 18.9. The molecule has 2 saturated carbocycles. The second-order valence-corrected chi connectivity index (χ2v) is 8.49. The molecule has 0 radical (unpaired) electrons. The van der Waals surface area contributed by atoms with Crippen LogP contribution in [0, 0.1) is 11.8 Å². The standard InChI is InChI=1S/C21H27F3N6/c1-12(14-6-3-7-14)30(13(2)15-8-4-9-15)20-28-18(27-19(25)29-20)16-10-5-11-17(26-16)21(22,23)24/h5,10-15H,3-4,6-9H2,1-2H3,(H2,25,27,28,29)/t12-,13-/m1/s1. The topological polar surface area (TPSA) is 80.8 Å². The van der Waals surface area contributed by atoms with Crippen LogP contribution in [0.3, 0.4) is 0 Å². The maximum absolute atomic E-state index is 13.1. The minimum atomic E-state index is -4.54. The molecule has 2 N–H and O–H groups in total. The van der Waals surface area contributed by atoms with Crippen molar-refractivity contribution < 1.29 is 13.2 Å². The van der Waals surface area contributed by atoms with Crippen LogP contribution in [0.5, 0.6) is 0 Å². The molecular formula is C21H27F3N6. The smallest absolute Gasteiger partial charge is 0.368 e. The molecule has 0 spiro atoms. The Balaban J connectivity index is 1.72. The molecule has 2 heterocycles. The number of rotatable bonds is 6. The van der Waals surface area contributed by atoms with Crippen LogP contribution in [-0.2, 0) is 6.18 Å². The molecule has 2 fully saturated rings. The van der Waals surface area contributed by atoms with Gasteiger partial charge in [-0.3, -0.25) is 0 Å². The fraction of sp³-hybridized carbons (Fsp3) is 0.619. The van der Waals surface area contributed by atoms with E-state index in [0.717, 1.165) is 31.7 Å². The first-order chi connectivity index (χ1) is 14.2. The Morgan fingerprint density at radius 3 is 2.03 bits per heavy atom. The number of aromatic nitrogens is 4. The first-order valence-corrected chi connectivity index (χ1v) is 10.6. The van der Waals surface area contributed by atoms with E-state index in [4.69, 9.17) is 5.73 Å². The molecule has 0 unspecified atom stereocenters. The zero-order chi connectivity index (χ0) is 21.5. The zero-order valence-electron chi connectivity index (χ0n) is 17.2. The van der Waals surface area contributed by atoms with Gasteiger partial charge in [-0.25, -0.2) is 4.98 Å². The van der Waals surface area contributed by atoms with Crippen molar-refractivity contribution >= 4 is 11.9 Å². The average Bonchev–Trinajstić information content (AvgIpc) is 2.58. The number of anilines is 2. The van der Waals surface area contributed by atoms with Crippen molar-refractivity contribution in [3.63, 3.8) is 0 Å². The number of alkyl halides is 3. The van der Waals surface area contributed by atoms with Crippen LogP contribution in [0.2, 0.25) is 0 Å². The van der Waals surface area contributed by atoms with Gasteiger partial charge >= 0.3 is 6.18 Å². The normalized spacial score (nSPS) is 19.6. The Labute approximate surface area is 174 Å². The highest BCUT2D eigenvalue weighted by Crippen LogP contribution is 2.39. The van der Waals surface area contributed by atoms with E-state index >= 15 is 0 Å². The van der Waals surface area contributed by atoms with Crippen LogP contribution in [0.4, 0.5) is 25.1 Å². The molecule has 6 nitrogen and oxygen atoms in total. The SMILES string of the molecule is C[C@H](C1CCC1)N(c1nc(N)nc(-c2cccc(C(F)(F)F)n2)n1)[C@H](C)C1CCC1.